The third kappa shape index (κ3) is 3.97. The first-order valence-corrected chi connectivity index (χ1v) is 8.95. The lowest BCUT2D eigenvalue weighted by Crippen LogP contribution is -2.21. The fourth-order valence-corrected chi connectivity index (χ4v) is 2.93. The standard InChI is InChI=1S/C20H15ClN4O4/c1-27-15-8-7-13(21)9-14(15)24-16(26)10-28-19-17-18(12-5-3-2-4-6-12)25-29-20(17)23-11-22-19/h2-9,11H,10H2,1H3,(H,24,26). The second-order valence-electron chi connectivity index (χ2n) is 5.94. The Labute approximate surface area is 170 Å². The molecular weight excluding hydrogens is 396 g/mol. The van der Waals surface area contributed by atoms with E-state index in [1.165, 1.54) is 13.4 Å². The summed E-state index contributed by atoms with van der Waals surface area (Å²) in [4.78, 5) is 20.6. The van der Waals surface area contributed by atoms with Gasteiger partial charge in [-0.1, -0.05) is 47.1 Å². The van der Waals surface area contributed by atoms with Gasteiger partial charge in [0.25, 0.3) is 11.6 Å². The van der Waals surface area contributed by atoms with Crippen LogP contribution in [0.15, 0.2) is 59.4 Å². The van der Waals surface area contributed by atoms with E-state index in [0.717, 1.165) is 5.56 Å². The van der Waals surface area contributed by atoms with Gasteiger partial charge in [0.05, 0.1) is 12.8 Å². The van der Waals surface area contributed by atoms with Crippen molar-refractivity contribution in [1.29, 1.82) is 0 Å². The Kier molecular flexibility index (Phi) is 5.26. The maximum atomic E-state index is 12.4. The van der Waals surface area contributed by atoms with Crippen molar-refractivity contribution in [2.75, 3.05) is 19.0 Å². The highest BCUT2D eigenvalue weighted by atomic mass is 35.5. The molecule has 0 bridgehead atoms. The van der Waals surface area contributed by atoms with E-state index in [-0.39, 0.29) is 18.2 Å². The molecular formula is C20H15ClN4O4. The van der Waals surface area contributed by atoms with Gasteiger partial charge in [0, 0.05) is 10.6 Å². The van der Waals surface area contributed by atoms with Crippen molar-refractivity contribution in [3.63, 3.8) is 0 Å². The van der Waals surface area contributed by atoms with Gasteiger partial charge in [-0.05, 0) is 18.2 Å². The second-order valence-corrected chi connectivity index (χ2v) is 6.37. The van der Waals surface area contributed by atoms with Crippen molar-refractivity contribution in [3.8, 4) is 22.9 Å². The third-order valence-electron chi connectivity index (χ3n) is 4.06. The summed E-state index contributed by atoms with van der Waals surface area (Å²) in [5, 5.41) is 7.73. The maximum absolute atomic E-state index is 12.4. The topological polar surface area (TPSA) is 99.4 Å². The Balaban J connectivity index is 1.55. The number of amides is 1. The van der Waals surface area contributed by atoms with Gasteiger partial charge in [0.2, 0.25) is 5.88 Å². The van der Waals surface area contributed by atoms with E-state index in [0.29, 0.717) is 27.5 Å². The molecule has 1 amide bonds. The van der Waals surface area contributed by atoms with E-state index in [2.05, 4.69) is 20.4 Å². The number of benzene rings is 2. The first kappa shape index (κ1) is 18.7. The Morgan fingerprint density at radius 1 is 1.17 bits per heavy atom. The van der Waals surface area contributed by atoms with E-state index in [4.69, 9.17) is 25.6 Å². The molecule has 29 heavy (non-hydrogen) atoms. The quantitative estimate of drug-likeness (QED) is 0.513. The molecule has 4 rings (SSSR count). The van der Waals surface area contributed by atoms with Crippen LogP contribution in [-0.2, 0) is 4.79 Å². The average Bonchev–Trinajstić information content (AvgIpc) is 3.18. The average molecular weight is 411 g/mol. The molecule has 0 aliphatic heterocycles. The number of hydrogen-bond donors (Lipinski definition) is 1. The van der Waals surface area contributed by atoms with Gasteiger partial charge in [-0.25, -0.2) is 4.98 Å². The van der Waals surface area contributed by atoms with E-state index in [1.54, 1.807) is 18.2 Å². The number of carbonyl (C=O) groups is 1. The largest absolute Gasteiger partial charge is 0.495 e. The molecule has 0 aliphatic carbocycles. The number of nitrogens with zero attached hydrogens (tertiary/aromatic N) is 3. The summed E-state index contributed by atoms with van der Waals surface area (Å²) in [6.07, 6.45) is 1.29. The van der Waals surface area contributed by atoms with Crippen molar-refractivity contribution < 1.29 is 18.8 Å². The van der Waals surface area contributed by atoms with E-state index in [1.807, 2.05) is 30.3 Å². The molecule has 0 atom stereocenters. The molecule has 2 aromatic carbocycles. The monoisotopic (exact) mass is 410 g/mol. The lowest BCUT2D eigenvalue weighted by atomic mass is 10.1. The van der Waals surface area contributed by atoms with Gasteiger partial charge in [-0.3, -0.25) is 4.79 Å². The minimum atomic E-state index is -0.407. The molecule has 8 nitrogen and oxygen atoms in total. The van der Waals surface area contributed by atoms with Gasteiger partial charge in [0.15, 0.2) is 6.61 Å². The van der Waals surface area contributed by atoms with Crippen LogP contribution in [0.4, 0.5) is 5.69 Å². The van der Waals surface area contributed by atoms with E-state index in [9.17, 15) is 4.79 Å². The summed E-state index contributed by atoms with van der Waals surface area (Å²) in [6, 6.07) is 14.3. The van der Waals surface area contributed by atoms with Crippen LogP contribution < -0.4 is 14.8 Å². The zero-order valence-electron chi connectivity index (χ0n) is 15.3. The van der Waals surface area contributed by atoms with Crippen LogP contribution >= 0.6 is 11.6 Å². The highest BCUT2D eigenvalue weighted by molar-refractivity contribution is 6.31. The summed E-state index contributed by atoms with van der Waals surface area (Å²) >= 11 is 5.99. The number of ether oxygens (including phenoxy) is 2. The molecule has 0 saturated heterocycles. The lowest BCUT2D eigenvalue weighted by Gasteiger charge is -2.11. The van der Waals surface area contributed by atoms with Crippen molar-refractivity contribution in [1.82, 2.24) is 15.1 Å². The highest BCUT2D eigenvalue weighted by Crippen LogP contribution is 2.32. The van der Waals surface area contributed by atoms with Gasteiger partial charge >= 0.3 is 0 Å². The normalized spacial score (nSPS) is 10.7. The molecule has 0 unspecified atom stereocenters. The molecule has 4 aromatic rings. The molecule has 0 spiro atoms. The number of halogens is 1. The summed E-state index contributed by atoms with van der Waals surface area (Å²) in [5.74, 6) is 0.274. The number of rotatable bonds is 6. The Morgan fingerprint density at radius 2 is 2.00 bits per heavy atom. The first-order valence-electron chi connectivity index (χ1n) is 8.57. The molecule has 146 valence electrons. The van der Waals surface area contributed by atoms with Crippen molar-refractivity contribution >= 4 is 34.3 Å². The third-order valence-corrected chi connectivity index (χ3v) is 4.30. The number of hydrogen-bond acceptors (Lipinski definition) is 7. The van der Waals surface area contributed by atoms with Gasteiger partial charge in [-0.2, -0.15) is 4.98 Å². The SMILES string of the molecule is COc1ccc(Cl)cc1NC(=O)COc1ncnc2onc(-c3ccccc3)c12. The van der Waals surface area contributed by atoms with Gasteiger partial charge in [-0.15, -0.1) is 0 Å². The zero-order chi connectivity index (χ0) is 20.2. The fourth-order valence-electron chi connectivity index (χ4n) is 2.76. The number of methoxy groups -OCH3 is 1. The van der Waals surface area contributed by atoms with Crippen LogP contribution in [0.1, 0.15) is 0 Å². The number of fused-ring (bicyclic) bond motifs is 1. The van der Waals surface area contributed by atoms with Gasteiger partial charge in [0.1, 0.15) is 23.2 Å². The number of nitrogens with one attached hydrogen (secondary N) is 1. The number of carbonyl (C=O) groups excluding carboxylic acids is 1. The first-order chi connectivity index (χ1) is 14.2. The second kappa shape index (κ2) is 8.15. The van der Waals surface area contributed by atoms with Crippen LogP contribution in [-0.4, -0.2) is 34.7 Å². The molecule has 0 fully saturated rings. The number of anilines is 1. The molecule has 9 heteroatoms. The maximum Gasteiger partial charge on any atom is 0.265 e. The van der Waals surface area contributed by atoms with Crippen LogP contribution in [0.2, 0.25) is 5.02 Å². The summed E-state index contributed by atoms with van der Waals surface area (Å²) < 4.78 is 16.1. The van der Waals surface area contributed by atoms with Crippen LogP contribution in [0.3, 0.4) is 0 Å². The number of aromatic nitrogens is 3. The lowest BCUT2D eigenvalue weighted by molar-refractivity contribution is -0.118. The molecule has 0 saturated carbocycles. The zero-order valence-corrected chi connectivity index (χ0v) is 16.0. The smallest absolute Gasteiger partial charge is 0.265 e. The van der Waals surface area contributed by atoms with Crippen LogP contribution in [0, 0.1) is 0 Å². The minimum absolute atomic E-state index is 0.198. The molecule has 2 heterocycles. The van der Waals surface area contributed by atoms with Gasteiger partial charge < -0.3 is 19.3 Å². The van der Waals surface area contributed by atoms with Crippen molar-refractivity contribution in [3.05, 3.63) is 59.9 Å². The van der Waals surface area contributed by atoms with Crippen molar-refractivity contribution in [2.45, 2.75) is 0 Å². The van der Waals surface area contributed by atoms with Crippen LogP contribution in [0.25, 0.3) is 22.4 Å². The van der Waals surface area contributed by atoms with E-state index >= 15 is 0 Å². The summed E-state index contributed by atoms with van der Waals surface area (Å²) in [6.45, 7) is -0.290. The van der Waals surface area contributed by atoms with Crippen molar-refractivity contribution in [2.24, 2.45) is 0 Å². The molecule has 2 aromatic heterocycles. The molecule has 0 radical (unpaired) electrons. The Bertz CT molecular complexity index is 1160. The summed E-state index contributed by atoms with van der Waals surface area (Å²) in [7, 11) is 1.50. The predicted octanol–water partition coefficient (Wildman–Crippen LogP) is 3.96. The Hall–Kier alpha value is -3.65. The molecule has 0 aliphatic rings. The van der Waals surface area contributed by atoms with E-state index < -0.39 is 5.91 Å². The predicted molar refractivity (Wildman–Crippen MR) is 107 cm³/mol. The fraction of sp³-hybridized carbons (Fsp3) is 0.100. The molecule has 1 N–H and O–H groups in total. The Morgan fingerprint density at radius 3 is 2.79 bits per heavy atom. The minimum Gasteiger partial charge on any atom is -0.495 e. The highest BCUT2D eigenvalue weighted by Gasteiger charge is 2.19. The van der Waals surface area contributed by atoms with Crippen LogP contribution in [0.5, 0.6) is 11.6 Å². The summed E-state index contributed by atoms with van der Waals surface area (Å²) in [5.41, 5.74) is 2.06.